The van der Waals surface area contributed by atoms with Crippen LogP contribution in [-0.2, 0) is 16.1 Å². The zero-order chi connectivity index (χ0) is 15.8. The first-order valence-corrected chi connectivity index (χ1v) is 6.68. The van der Waals surface area contributed by atoms with Gasteiger partial charge in [-0.15, -0.1) is 0 Å². The molecule has 1 saturated heterocycles. The lowest BCUT2D eigenvalue weighted by molar-refractivity contribution is -0.138. The van der Waals surface area contributed by atoms with Gasteiger partial charge < -0.3 is 10.4 Å². The van der Waals surface area contributed by atoms with Crippen LogP contribution in [0.25, 0.3) is 0 Å². The fraction of sp³-hybridized carbons (Fsp3) is 0.400. The summed E-state index contributed by atoms with van der Waals surface area (Å²) in [7, 11) is 0. The molecule has 0 aromatic heterocycles. The monoisotopic (exact) mass is 290 g/mol. The minimum atomic E-state index is -0.890. The second-order valence-corrected chi connectivity index (χ2v) is 5.75. The molecule has 6 nitrogen and oxygen atoms in total. The Morgan fingerprint density at radius 3 is 2.29 bits per heavy atom. The van der Waals surface area contributed by atoms with E-state index in [2.05, 4.69) is 5.32 Å². The molecule has 1 aliphatic rings. The number of imide groups is 1. The molecule has 0 saturated carbocycles. The standard InChI is InChI=1S/C15H18N2O4/c1-9(12(18)19)11-6-4-10(5-7-11)8-17-13(20)15(2,3)16-14(17)21/h4-7,9H,8H2,1-3H3,(H,16,21)(H,18,19). The molecule has 1 aliphatic heterocycles. The first kappa shape index (κ1) is 15.0. The Labute approximate surface area is 122 Å². The Bertz CT molecular complexity index is 592. The zero-order valence-corrected chi connectivity index (χ0v) is 12.2. The van der Waals surface area contributed by atoms with E-state index in [9.17, 15) is 14.4 Å². The molecular weight excluding hydrogens is 272 g/mol. The molecule has 0 bridgehead atoms. The molecule has 1 atom stereocenters. The maximum absolute atomic E-state index is 12.1. The van der Waals surface area contributed by atoms with E-state index in [-0.39, 0.29) is 12.5 Å². The number of aliphatic carboxylic acids is 1. The number of hydrogen-bond acceptors (Lipinski definition) is 3. The van der Waals surface area contributed by atoms with Gasteiger partial charge >= 0.3 is 12.0 Å². The van der Waals surface area contributed by atoms with Gasteiger partial charge in [0.2, 0.25) is 0 Å². The summed E-state index contributed by atoms with van der Waals surface area (Å²) in [4.78, 5) is 35.9. The average Bonchev–Trinajstić information content (AvgIpc) is 2.61. The van der Waals surface area contributed by atoms with E-state index in [0.717, 1.165) is 10.5 Å². The van der Waals surface area contributed by atoms with E-state index >= 15 is 0 Å². The summed E-state index contributed by atoms with van der Waals surface area (Å²) in [5, 5.41) is 11.6. The molecule has 1 aromatic carbocycles. The minimum absolute atomic E-state index is 0.176. The Hall–Kier alpha value is -2.37. The fourth-order valence-corrected chi connectivity index (χ4v) is 2.20. The van der Waals surface area contributed by atoms with Crippen LogP contribution in [0.15, 0.2) is 24.3 Å². The maximum atomic E-state index is 12.1. The summed E-state index contributed by atoms with van der Waals surface area (Å²) < 4.78 is 0. The molecule has 3 amide bonds. The Morgan fingerprint density at radius 2 is 1.86 bits per heavy atom. The van der Waals surface area contributed by atoms with Gasteiger partial charge in [-0.2, -0.15) is 0 Å². The number of rotatable bonds is 4. The van der Waals surface area contributed by atoms with Crippen LogP contribution in [0, 0.1) is 0 Å². The molecule has 0 radical (unpaired) electrons. The summed E-state index contributed by atoms with van der Waals surface area (Å²) in [6.45, 7) is 5.10. The van der Waals surface area contributed by atoms with Crippen molar-refractivity contribution in [1.29, 1.82) is 0 Å². The van der Waals surface area contributed by atoms with E-state index < -0.39 is 23.5 Å². The number of benzene rings is 1. The van der Waals surface area contributed by atoms with Crippen LogP contribution in [0.5, 0.6) is 0 Å². The molecule has 1 fully saturated rings. The molecule has 2 N–H and O–H groups in total. The van der Waals surface area contributed by atoms with Gasteiger partial charge in [-0.05, 0) is 31.9 Å². The van der Waals surface area contributed by atoms with Crippen LogP contribution < -0.4 is 5.32 Å². The highest BCUT2D eigenvalue weighted by Crippen LogP contribution is 2.21. The lowest BCUT2D eigenvalue weighted by Gasteiger charge is -2.16. The second-order valence-electron chi connectivity index (χ2n) is 5.75. The minimum Gasteiger partial charge on any atom is -0.481 e. The number of carbonyl (C=O) groups is 3. The summed E-state index contributed by atoms with van der Waals surface area (Å²) in [5.74, 6) is -1.75. The van der Waals surface area contributed by atoms with Crippen molar-refractivity contribution < 1.29 is 19.5 Å². The molecule has 1 aromatic rings. The number of amides is 3. The summed E-state index contributed by atoms with van der Waals surface area (Å²) >= 11 is 0. The lowest BCUT2D eigenvalue weighted by Crippen LogP contribution is -2.40. The topological polar surface area (TPSA) is 86.7 Å². The molecule has 21 heavy (non-hydrogen) atoms. The van der Waals surface area contributed by atoms with Crippen molar-refractivity contribution in [3.8, 4) is 0 Å². The van der Waals surface area contributed by atoms with Gasteiger partial charge in [0.25, 0.3) is 5.91 Å². The number of hydrogen-bond donors (Lipinski definition) is 2. The highest BCUT2D eigenvalue weighted by molar-refractivity contribution is 6.06. The van der Waals surface area contributed by atoms with E-state index in [1.54, 1.807) is 45.0 Å². The third kappa shape index (κ3) is 2.89. The van der Waals surface area contributed by atoms with E-state index in [4.69, 9.17) is 5.11 Å². The van der Waals surface area contributed by atoms with Crippen LogP contribution >= 0.6 is 0 Å². The molecule has 1 unspecified atom stereocenters. The van der Waals surface area contributed by atoms with Crippen molar-refractivity contribution in [2.45, 2.75) is 38.8 Å². The number of carbonyl (C=O) groups excluding carboxylic acids is 2. The van der Waals surface area contributed by atoms with Crippen molar-refractivity contribution in [3.05, 3.63) is 35.4 Å². The van der Waals surface area contributed by atoms with Crippen LogP contribution in [0.1, 0.15) is 37.8 Å². The molecule has 2 rings (SSSR count). The predicted molar refractivity (Wildman–Crippen MR) is 75.7 cm³/mol. The number of carboxylic acid groups (broad SMARTS) is 1. The Morgan fingerprint density at radius 1 is 1.29 bits per heavy atom. The van der Waals surface area contributed by atoms with Gasteiger partial charge in [-0.3, -0.25) is 14.5 Å². The van der Waals surface area contributed by atoms with Crippen LogP contribution in [0.4, 0.5) is 4.79 Å². The molecule has 1 heterocycles. The van der Waals surface area contributed by atoms with Gasteiger partial charge in [0.05, 0.1) is 12.5 Å². The first-order chi connectivity index (χ1) is 9.72. The van der Waals surface area contributed by atoms with Crippen LogP contribution in [0.3, 0.4) is 0 Å². The van der Waals surface area contributed by atoms with Crippen molar-refractivity contribution in [1.82, 2.24) is 10.2 Å². The van der Waals surface area contributed by atoms with Crippen molar-refractivity contribution in [3.63, 3.8) is 0 Å². The number of nitrogens with one attached hydrogen (secondary N) is 1. The summed E-state index contributed by atoms with van der Waals surface area (Å²) in [5.41, 5.74) is 0.579. The fourth-order valence-electron chi connectivity index (χ4n) is 2.20. The quantitative estimate of drug-likeness (QED) is 0.826. The van der Waals surface area contributed by atoms with E-state index in [1.807, 2.05) is 0 Å². The molecule has 6 heteroatoms. The van der Waals surface area contributed by atoms with Crippen molar-refractivity contribution in [2.24, 2.45) is 0 Å². The van der Waals surface area contributed by atoms with Gasteiger partial charge in [0.15, 0.2) is 0 Å². The van der Waals surface area contributed by atoms with Gasteiger partial charge in [-0.25, -0.2) is 4.79 Å². The molecule has 0 spiro atoms. The van der Waals surface area contributed by atoms with E-state index in [0.29, 0.717) is 5.56 Å². The third-order valence-electron chi connectivity index (χ3n) is 3.64. The Balaban J connectivity index is 2.13. The van der Waals surface area contributed by atoms with Crippen molar-refractivity contribution >= 4 is 17.9 Å². The summed E-state index contributed by atoms with van der Waals surface area (Å²) in [6.07, 6.45) is 0. The largest absolute Gasteiger partial charge is 0.481 e. The average molecular weight is 290 g/mol. The zero-order valence-electron chi connectivity index (χ0n) is 12.2. The second kappa shape index (κ2) is 5.20. The Kier molecular flexibility index (Phi) is 3.72. The summed E-state index contributed by atoms with van der Waals surface area (Å²) in [6, 6.07) is 6.48. The highest BCUT2D eigenvalue weighted by Gasteiger charge is 2.43. The highest BCUT2D eigenvalue weighted by atomic mass is 16.4. The smallest absolute Gasteiger partial charge is 0.325 e. The third-order valence-corrected chi connectivity index (χ3v) is 3.64. The number of nitrogens with zero attached hydrogens (tertiary/aromatic N) is 1. The lowest BCUT2D eigenvalue weighted by atomic mass is 10.00. The molecular formula is C15H18N2O4. The van der Waals surface area contributed by atoms with E-state index in [1.165, 1.54) is 0 Å². The number of urea groups is 1. The van der Waals surface area contributed by atoms with Crippen LogP contribution in [0.2, 0.25) is 0 Å². The van der Waals surface area contributed by atoms with Gasteiger partial charge in [0, 0.05) is 0 Å². The van der Waals surface area contributed by atoms with Gasteiger partial charge in [-0.1, -0.05) is 24.3 Å². The molecule has 0 aliphatic carbocycles. The normalized spacial score (nSPS) is 18.5. The van der Waals surface area contributed by atoms with Crippen LogP contribution in [-0.4, -0.2) is 33.5 Å². The number of carboxylic acids is 1. The maximum Gasteiger partial charge on any atom is 0.325 e. The molecule has 112 valence electrons. The van der Waals surface area contributed by atoms with Gasteiger partial charge in [0.1, 0.15) is 5.54 Å². The first-order valence-electron chi connectivity index (χ1n) is 6.68. The SMILES string of the molecule is CC(C(=O)O)c1ccc(CN2C(=O)NC(C)(C)C2=O)cc1. The van der Waals surface area contributed by atoms with Crippen molar-refractivity contribution in [2.75, 3.05) is 0 Å². The predicted octanol–water partition coefficient (Wildman–Crippen LogP) is 1.71.